The minimum atomic E-state index is 0.190. The van der Waals surface area contributed by atoms with Crippen molar-refractivity contribution in [2.75, 3.05) is 27.1 Å². The molecule has 0 saturated carbocycles. The van der Waals surface area contributed by atoms with Crippen LogP contribution in [0.4, 0.5) is 0 Å². The molecule has 5 nitrogen and oxygen atoms in total. The van der Waals surface area contributed by atoms with E-state index >= 15 is 0 Å². The van der Waals surface area contributed by atoms with Crippen LogP contribution in [0.1, 0.15) is 30.9 Å². The van der Waals surface area contributed by atoms with E-state index in [4.69, 9.17) is 14.2 Å². The number of thioether (sulfide) groups is 1. The van der Waals surface area contributed by atoms with Gasteiger partial charge in [0.05, 0.1) is 21.3 Å². The van der Waals surface area contributed by atoms with E-state index in [1.165, 1.54) is 11.8 Å². The van der Waals surface area contributed by atoms with Crippen molar-refractivity contribution >= 4 is 29.0 Å². The van der Waals surface area contributed by atoms with Crippen molar-refractivity contribution in [3.8, 4) is 17.2 Å². The largest absolute Gasteiger partial charge is 0.493 e. The first kappa shape index (κ1) is 21.8. The molecule has 0 aliphatic carbocycles. The monoisotopic (exact) mass is 402 g/mol. The molecule has 0 saturated heterocycles. The lowest BCUT2D eigenvalue weighted by atomic mass is 10.1. The minimum absolute atomic E-state index is 0.190. The van der Waals surface area contributed by atoms with Crippen LogP contribution in [0.25, 0.3) is 12.2 Å². The normalized spacial score (nSPS) is 10.9. The fourth-order valence-corrected chi connectivity index (χ4v) is 3.42. The Morgan fingerprint density at radius 3 is 2.29 bits per heavy atom. The maximum Gasteiger partial charge on any atom is 0.203 e. The lowest BCUT2D eigenvalue weighted by Crippen LogP contribution is -2.32. The third-order valence-corrected chi connectivity index (χ3v) is 5.12. The molecule has 0 aliphatic heterocycles. The van der Waals surface area contributed by atoms with Crippen molar-refractivity contribution in [3.05, 3.63) is 47.8 Å². The molecule has 0 N–H and O–H groups in total. The Morgan fingerprint density at radius 2 is 1.68 bits per heavy atom. The van der Waals surface area contributed by atoms with Crippen LogP contribution in [0.5, 0.6) is 17.2 Å². The van der Waals surface area contributed by atoms with Gasteiger partial charge in [-0.3, -0.25) is 4.79 Å². The van der Waals surface area contributed by atoms with Crippen LogP contribution in [0.2, 0.25) is 0 Å². The predicted octanol–water partition coefficient (Wildman–Crippen LogP) is 4.23. The molecule has 2 aromatic rings. The average Bonchev–Trinajstić information content (AvgIpc) is 2.71. The number of aromatic nitrogens is 1. The van der Waals surface area contributed by atoms with E-state index in [0.717, 1.165) is 36.3 Å². The van der Waals surface area contributed by atoms with E-state index in [0.29, 0.717) is 17.2 Å². The van der Waals surface area contributed by atoms with Gasteiger partial charge >= 0.3 is 0 Å². The first-order valence-corrected chi connectivity index (χ1v) is 10.2. The second-order valence-corrected chi connectivity index (χ2v) is 7.45. The van der Waals surface area contributed by atoms with E-state index in [-0.39, 0.29) is 5.12 Å². The number of rotatable bonds is 10. The van der Waals surface area contributed by atoms with Crippen molar-refractivity contribution in [1.29, 1.82) is 0 Å². The first-order chi connectivity index (χ1) is 13.6. The van der Waals surface area contributed by atoms with E-state index in [2.05, 4.69) is 29.1 Å². The molecule has 28 heavy (non-hydrogen) atoms. The molecule has 0 radical (unpaired) electrons. The Kier molecular flexibility index (Phi) is 8.88. The van der Waals surface area contributed by atoms with Gasteiger partial charge in [-0.1, -0.05) is 23.9 Å². The number of hydrogen-bond acceptors (Lipinski definition) is 5. The Bertz CT molecular complexity index is 803. The van der Waals surface area contributed by atoms with Crippen LogP contribution in [0, 0.1) is 0 Å². The molecule has 0 unspecified atom stereocenters. The van der Waals surface area contributed by atoms with Gasteiger partial charge in [0.15, 0.2) is 29.0 Å². The number of aryl methyl sites for hydroxylation is 1. The Labute approximate surface area is 171 Å². The number of carbonyl (C=O) groups is 1. The molecule has 1 aromatic heterocycles. The van der Waals surface area contributed by atoms with E-state index in [9.17, 15) is 4.79 Å². The lowest BCUT2D eigenvalue weighted by Gasteiger charge is -2.13. The topological polar surface area (TPSA) is 48.6 Å². The third kappa shape index (κ3) is 6.30. The number of hydrogen-bond donors (Lipinski definition) is 0. The third-order valence-electron chi connectivity index (χ3n) is 4.22. The van der Waals surface area contributed by atoms with Crippen LogP contribution in [-0.4, -0.2) is 32.2 Å². The molecule has 1 heterocycles. The summed E-state index contributed by atoms with van der Waals surface area (Å²) in [6.07, 6.45) is 10.3. The molecular formula is C22H28NO4S+. The second-order valence-electron chi connectivity index (χ2n) is 6.17. The van der Waals surface area contributed by atoms with Crippen LogP contribution in [0.3, 0.4) is 0 Å². The van der Waals surface area contributed by atoms with Crippen molar-refractivity contribution in [2.24, 2.45) is 0 Å². The lowest BCUT2D eigenvalue weighted by molar-refractivity contribution is -0.697. The molecule has 0 fully saturated rings. The molecular weight excluding hydrogens is 374 g/mol. The summed E-state index contributed by atoms with van der Waals surface area (Å²) in [4.78, 5) is 10.9. The van der Waals surface area contributed by atoms with Crippen molar-refractivity contribution in [1.82, 2.24) is 0 Å². The number of methoxy groups -OCH3 is 3. The molecule has 0 spiro atoms. The summed E-state index contributed by atoms with van der Waals surface area (Å²) in [6, 6.07) is 7.96. The van der Waals surface area contributed by atoms with E-state index < -0.39 is 0 Å². The standard InChI is InChI=1S/C22H28NO4S/c1-17(24)28-16-6-5-13-23-14-11-18(12-15-23)7-8-19-9-10-20(25-2)22(27-4)21(19)26-3/h7-12,14-15H,5-6,13,16H2,1-4H3/q+1/b8-7+. The number of carbonyl (C=O) groups excluding carboxylic acids is 1. The van der Waals surface area contributed by atoms with Gasteiger partial charge in [0.25, 0.3) is 0 Å². The van der Waals surface area contributed by atoms with Crippen molar-refractivity contribution < 1.29 is 23.6 Å². The molecule has 0 bridgehead atoms. The van der Waals surface area contributed by atoms with Crippen LogP contribution in [-0.2, 0) is 11.3 Å². The maximum atomic E-state index is 10.9. The van der Waals surface area contributed by atoms with Gasteiger partial charge in [-0.2, -0.15) is 0 Å². The van der Waals surface area contributed by atoms with Crippen LogP contribution in [0.15, 0.2) is 36.7 Å². The van der Waals surface area contributed by atoms with Gasteiger partial charge in [0.1, 0.15) is 6.54 Å². The predicted molar refractivity (Wildman–Crippen MR) is 114 cm³/mol. The molecule has 150 valence electrons. The zero-order valence-corrected chi connectivity index (χ0v) is 17.8. The van der Waals surface area contributed by atoms with Gasteiger partial charge in [-0.05, 0) is 24.1 Å². The smallest absolute Gasteiger partial charge is 0.203 e. The highest BCUT2D eigenvalue weighted by atomic mass is 32.2. The highest BCUT2D eigenvalue weighted by Crippen LogP contribution is 2.40. The van der Waals surface area contributed by atoms with Gasteiger partial charge in [0.2, 0.25) is 5.75 Å². The quantitative estimate of drug-likeness (QED) is 0.440. The minimum Gasteiger partial charge on any atom is -0.493 e. The number of nitrogens with zero attached hydrogens (tertiary/aromatic N) is 1. The zero-order valence-electron chi connectivity index (χ0n) is 16.9. The summed E-state index contributed by atoms with van der Waals surface area (Å²) >= 11 is 1.40. The molecule has 0 amide bonds. The van der Waals surface area contributed by atoms with Crippen molar-refractivity contribution in [3.63, 3.8) is 0 Å². The SMILES string of the molecule is COc1ccc(/C=C/c2cc[n+](CCCCSC(C)=O)cc2)c(OC)c1OC. The summed E-state index contributed by atoms with van der Waals surface area (Å²) in [7, 11) is 4.83. The number of pyridine rings is 1. The fourth-order valence-electron chi connectivity index (χ4n) is 2.78. The Morgan fingerprint density at radius 1 is 0.964 bits per heavy atom. The van der Waals surface area contributed by atoms with Gasteiger partial charge in [-0.15, -0.1) is 0 Å². The number of ether oxygens (including phenoxy) is 3. The summed E-state index contributed by atoms with van der Waals surface area (Å²) in [5.41, 5.74) is 2.01. The van der Waals surface area contributed by atoms with E-state index in [1.54, 1.807) is 28.3 Å². The summed E-state index contributed by atoms with van der Waals surface area (Å²) < 4.78 is 18.4. The average molecular weight is 403 g/mol. The first-order valence-electron chi connectivity index (χ1n) is 9.18. The second kappa shape index (κ2) is 11.4. The zero-order chi connectivity index (χ0) is 20.4. The fraction of sp³-hybridized carbons (Fsp3) is 0.364. The highest BCUT2D eigenvalue weighted by Gasteiger charge is 2.14. The van der Waals surface area contributed by atoms with Crippen LogP contribution < -0.4 is 18.8 Å². The summed E-state index contributed by atoms with van der Waals surface area (Å²) in [5.74, 6) is 2.76. The van der Waals surface area contributed by atoms with E-state index in [1.807, 2.05) is 24.3 Å². The molecule has 1 aromatic carbocycles. The van der Waals surface area contributed by atoms with Gasteiger partial charge < -0.3 is 14.2 Å². The maximum absolute atomic E-state index is 10.9. The van der Waals surface area contributed by atoms with Crippen LogP contribution >= 0.6 is 11.8 Å². The number of benzene rings is 1. The summed E-state index contributed by atoms with van der Waals surface area (Å²) in [5, 5.41) is 0.190. The Hall–Kier alpha value is -2.47. The molecule has 0 aliphatic rings. The van der Waals surface area contributed by atoms with Crippen molar-refractivity contribution in [2.45, 2.75) is 26.3 Å². The van der Waals surface area contributed by atoms with Gasteiger partial charge in [0, 0.05) is 36.8 Å². The number of unbranched alkanes of at least 4 members (excludes halogenated alkanes) is 1. The van der Waals surface area contributed by atoms with Gasteiger partial charge in [-0.25, -0.2) is 4.57 Å². The highest BCUT2D eigenvalue weighted by molar-refractivity contribution is 8.13. The molecule has 6 heteroatoms. The Balaban J connectivity index is 2.00. The summed E-state index contributed by atoms with van der Waals surface area (Å²) in [6.45, 7) is 2.56. The molecule has 2 rings (SSSR count). The molecule has 0 atom stereocenters.